The predicted octanol–water partition coefficient (Wildman–Crippen LogP) is 0.538. The zero-order valence-electron chi connectivity index (χ0n) is 10.9. The Morgan fingerprint density at radius 3 is 2.79 bits per heavy atom. The van der Waals surface area contributed by atoms with Crippen LogP contribution >= 0.6 is 0 Å². The fourth-order valence-corrected chi connectivity index (χ4v) is 1.38. The number of guanidine groups is 1. The van der Waals surface area contributed by atoms with Crippen LogP contribution in [0.25, 0.3) is 0 Å². The summed E-state index contributed by atoms with van der Waals surface area (Å²) in [4.78, 5) is 18.6. The Bertz CT molecular complexity index is 462. The van der Waals surface area contributed by atoms with Crippen LogP contribution < -0.4 is 10.6 Å². The van der Waals surface area contributed by atoms with Crippen LogP contribution in [0.1, 0.15) is 24.2 Å². The van der Waals surface area contributed by atoms with Crippen LogP contribution in [0.3, 0.4) is 0 Å². The number of carbonyl (C=O) groups is 1. The zero-order valence-corrected chi connectivity index (χ0v) is 10.9. The van der Waals surface area contributed by atoms with E-state index in [1.165, 1.54) is 18.5 Å². The second-order valence-corrected chi connectivity index (χ2v) is 3.62. The zero-order chi connectivity index (χ0) is 14.3. The van der Waals surface area contributed by atoms with E-state index in [-0.39, 0.29) is 5.56 Å². The molecular formula is C12H18N4O3. The number of aromatic carboxylic acids is 1. The van der Waals surface area contributed by atoms with Gasteiger partial charge in [0.1, 0.15) is 0 Å². The first-order valence-corrected chi connectivity index (χ1v) is 6.07. The molecule has 2 heterocycles. The molecule has 0 saturated heterocycles. The van der Waals surface area contributed by atoms with Gasteiger partial charge in [0.25, 0.3) is 0 Å². The summed E-state index contributed by atoms with van der Waals surface area (Å²) >= 11 is 0. The molecule has 19 heavy (non-hydrogen) atoms. The van der Waals surface area contributed by atoms with E-state index < -0.39 is 12.1 Å². The van der Waals surface area contributed by atoms with E-state index in [1.54, 1.807) is 0 Å². The highest BCUT2D eigenvalue weighted by Gasteiger charge is 2.12. The molecule has 0 amide bonds. The number of aromatic nitrogens is 1. The molecule has 0 bridgehead atoms. The number of nitrogens with one attached hydrogen (secondary N) is 2. The molecule has 1 aliphatic heterocycles. The van der Waals surface area contributed by atoms with Gasteiger partial charge in [0, 0.05) is 12.7 Å². The first-order valence-electron chi connectivity index (χ1n) is 6.07. The Kier molecular flexibility index (Phi) is 5.74. The first kappa shape index (κ1) is 14.9. The van der Waals surface area contributed by atoms with Crippen molar-refractivity contribution in [3.05, 3.63) is 24.0 Å². The highest BCUT2D eigenvalue weighted by molar-refractivity contribution is 5.95. The van der Waals surface area contributed by atoms with Gasteiger partial charge in [0.15, 0.2) is 5.96 Å². The number of aliphatic hydroxyl groups excluding tert-OH is 1. The van der Waals surface area contributed by atoms with Gasteiger partial charge in [-0.15, -0.1) is 0 Å². The number of hydrogen-bond acceptors (Lipinski definition) is 6. The smallest absolute Gasteiger partial charge is 0.337 e. The van der Waals surface area contributed by atoms with E-state index in [9.17, 15) is 9.90 Å². The largest absolute Gasteiger partial charge is 0.478 e. The third-order valence-electron chi connectivity index (χ3n) is 2.21. The van der Waals surface area contributed by atoms with E-state index in [4.69, 9.17) is 5.11 Å². The van der Waals surface area contributed by atoms with Crippen LogP contribution in [0, 0.1) is 0 Å². The minimum absolute atomic E-state index is 0.103. The number of carboxylic acids is 1. The quantitative estimate of drug-likeness (QED) is 0.622. The fourth-order valence-electron chi connectivity index (χ4n) is 1.38. The van der Waals surface area contributed by atoms with Gasteiger partial charge in [-0.1, -0.05) is 13.8 Å². The number of anilines is 1. The van der Waals surface area contributed by atoms with Crippen molar-refractivity contribution in [3.8, 4) is 0 Å². The molecule has 1 atom stereocenters. The maximum Gasteiger partial charge on any atom is 0.337 e. The Morgan fingerprint density at radius 1 is 1.47 bits per heavy atom. The maximum atomic E-state index is 10.7. The summed E-state index contributed by atoms with van der Waals surface area (Å²) in [7, 11) is 0. The van der Waals surface area contributed by atoms with Gasteiger partial charge in [-0.2, -0.15) is 0 Å². The molecule has 7 nitrogen and oxygen atoms in total. The average molecular weight is 266 g/mol. The van der Waals surface area contributed by atoms with Crippen molar-refractivity contribution in [1.82, 2.24) is 10.3 Å². The summed E-state index contributed by atoms with van der Waals surface area (Å²) in [5.41, 5.74) is 0.638. The second-order valence-electron chi connectivity index (χ2n) is 3.62. The van der Waals surface area contributed by atoms with Crippen molar-refractivity contribution in [2.45, 2.75) is 20.0 Å². The van der Waals surface area contributed by atoms with E-state index in [0.29, 0.717) is 24.7 Å². The molecule has 0 spiro atoms. The molecule has 0 aliphatic carbocycles. The van der Waals surface area contributed by atoms with Crippen LogP contribution in [0.15, 0.2) is 23.5 Å². The summed E-state index contributed by atoms with van der Waals surface area (Å²) in [5, 5.41) is 23.8. The average Bonchev–Trinajstić information content (AvgIpc) is 2.44. The second kappa shape index (κ2) is 7.32. The van der Waals surface area contributed by atoms with Crippen LogP contribution in [-0.4, -0.2) is 46.3 Å². The van der Waals surface area contributed by atoms with Gasteiger partial charge < -0.3 is 20.8 Å². The summed E-state index contributed by atoms with van der Waals surface area (Å²) in [6, 6.07) is 1.46. The number of pyridine rings is 1. The molecule has 1 aliphatic rings. The minimum Gasteiger partial charge on any atom is -0.478 e. The minimum atomic E-state index is -1.03. The SMILES string of the molecule is CC.O=C(O)c1cncc(NC2=NCC(O)CN2)c1. The molecule has 7 heteroatoms. The van der Waals surface area contributed by atoms with Crippen molar-refractivity contribution >= 4 is 17.6 Å². The molecule has 0 aromatic carbocycles. The summed E-state index contributed by atoms with van der Waals surface area (Å²) in [6.07, 6.45) is 2.29. The highest BCUT2D eigenvalue weighted by atomic mass is 16.4. The Hall–Kier alpha value is -2.15. The Labute approximate surface area is 111 Å². The molecule has 1 aromatic heterocycles. The number of rotatable bonds is 2. The first-order chi connectivity index (χ1) is 9.15. The van der Waals surface area contributed by atoms with Gasteiger partial charge in [0.05, 0.1) is 30.1 Å². The van der Waals surface area contributed by atoms with Gasteiger partial charge >= 0.3 is 5.97 Å². The molecule has 0 saturated carbocycles. The van der Waals surface area contributed by atoms with E-state index in [1.807, 2.05) is 13.8 Å². The van der Waals surface area contributed by atoms with Crippen LogP contribution in [0.2, 0.25) is 0 Å². The van der Waals surface area contributed by atoms with E-state index in [0.717, 1.165) is 0 Å². The number of carboxylic acid groups (broad SMARTS) is 1. The van der Waals surface area contributed by atoms with Crippen molar-refractivity contribution in [2.75, 3.05) is 18.4 Å². The molecule has 1 aromatic rings. The number of hydrogen-bond donors (Lipinski definition) is 4. The molecular weight excluding hydrogens is 248 g/mol. The van der Waals surface area contributed by atoms with E-state index >= 15 is 0 Å². The Morgan fingerprint density at radius 2 is 2.21 bits per heavy atom. The van der Waals surface area contributed by atoms with Crippen LogP contribution in [-0.2, 0) is 0 Å². The Balaban J connectivity index is 0.000000861. The number of aliphatic imine (C=N–C) groups is 1. The van der Waals surface area contributed by atoms with Gasteiger partial charge in [-0.25, -0.2) is 4.79 Å². The molecule has 4 N–H and O–H groups in total. The maximum absolute atomic E-state index is 10.7. The molecule has 0 fully saturated rings. The van der Waals surface area contributed by atoms with Gasteiger partial charge in [-0.05, 0) is 6.07 Å². The summed E-state index contributed by atoms with van der Waals surface area (Å²) in [6.45, 7) is 4.74. The molecule has 1 unspecified atom stereocenters. The lowest BCUT2D eigenvalue weighted by Gasteiger charge is -2.19. The summed E-state index contributed by atoms with van der Waals surface area (Å²) in [5.74, 6) is -0.533. The lowest BCUT2D eigenvalue weighted by molar-refractivity contribution is 0.0696. The highest BCUT2D eigenvalue weighted by Crippen LogP contribution is 2.08. The lowest BCUT2D eigenvalue weighted by atomic mass is 10.2. The predicted molar refractivity (Wildman–Crippen MR) is 72.5 cm³/mol. The van der Waals surface area contributed by atoms with Crippen molar-refractivity contribution in [2.24, 2.45) is 4.99 Å². The van der Waals surface area contributed by atoms with Crippen molar-refractivity contribution in [1.29, 1.82) is 0 Å². The number of β-amino-alcohol motifs (C(OH)–C–C–N with tert-alkyl or cyclic N) is 1. The molecule has 0 radical (unpaired) electrons. The van der Waals surface area contributed by atoms with Gasteiger partial charge in [-0.3, -0.25) is 9.98 Å². The number of nitrogens with zero attached hydrogens (tertiary/aromatic N) is 2. The third-order valence-corrected chi connectivity index (χ3v) is 2.21. The monoisotopic (exact) mass is 266 g/mol. The standard InChI is InChI=1S/C10H12N4O3.C2H6/c15-8-4-12-10(13-5-8)14-7-1-6(9(16)17)2-11-3-7;1-2/h1-3,8,15H,4-5H2,(H,16,17)(H2,12,13,14);1-2H3. The summed E-state index contributed by atoms with van der Waals surface area (Å²) < 4.78 is 0. The van der Waals surface area contributed by atoms with E-state index in [2.05, 4.69) is 20.6 Å². The fraction of sp³-hybridized carbons (Fsp3) is 0.417. The lowest BCUT2D eigenvalue weighted by Crippen LogP contribution is -2.42. The van der Waals surface area contributed by atoms with Crippen LogP contribution in [0.4, 0.5) is 5.69 Å². The molecule has 104 valence electrons. The molecule has 2 rings (SSSR count). The topological polar surface area (TPSA) is 107 Å². The third kappa shape index (κ3) is 4.55. The van der Waals surface area contributed by atoms with Gasteiger partial charge in [0.2, 0.25) is 0 Å². The normalized spacial score (nSPS) is 17.4. The van der Waals surface area contributed by atoms with Crippen molar-refractivity contribution in [3.63, 3.8) is 0 Å². The number of aliphatic hydroxyl groups is 1. The van der Waals surface area contributed by atoms with Crippen molar-refractivity contribution < 1.29 is 15.0 Å². The van der Waals surface area contributed by atoms with Crippen LogP contribution in [0.5, 0.6) is 0 Å².